The van der Waals surface area contributed by atoms with E-state index in [-0.39, 0.29) is 0 Å². The topological polar surface area (TPSA) is 32.5 Å². The van der Waals surface area contributed by atoms with Crippen LogP contribution >= 0.6 is 0 Å². The molecule has 2 fully saturated rings. The molecular weight excluding hydrogens is 246 g/mol. The van der Waals surface area contributed by atoms with Gasteiger partial charge in [-0.25, -0.2) is 0 Å². The Balaban J connectivity index is 1.81. The summed E-state index contributed by atoms with van der Waals surface area (Å²) < 4.78 is 0. The van der Waals surface area contributed by atoms with Gasteiger partial charge in [0.15, 0.2) is 0 Å². The highest BCUT2D eigenvalue weighted by atomic mass is 15.1. The summed E-state index contributed by atoms with van der Waals surface area (Å²) in [5.74, 6) is 1.76. The van der Waals surface area contributed by atoms with Crippen molar-refractivity contribution in [2.75, 3.05) is 46.8 Å². The number of hydrogen-bond acceptors (Lipinski definition) is 3. The standard InChI is InChI=1S/C17H35N3/c1-15-5-4-8-17(11-15,13-18)14-20(3)12-16-6-9-19(2)10-7-16/h15-16H,4-14,18H2,1-3H3. The molecule has 2 aliphatic rings. The van der Waals surface area contributed by atoms with E-state index < -0.39 is 0 Å². The van der Waals surface area contributed by atoms with Crippen LogP contribution in [0.4, 0.5) is 0 Å². The summed E-state index contributed by atoms with van der Waals surface area (Å²) in [5, 5.41) is 0. The average molecular weight is 281 g/mol. The first-order valence-corrected chi connectivity index (χ1v) is 8.60. The van der Waals surface area contributed by atoms with Crippen molar-refractivity contribution < 1.29 is 0 Å². The Morgan fingerprint density at radius 2 is 1.95 bits per heavy atom. The lowest BCUT2D eigenvalue weighted by molar-refractivity contribution is 0.0845. The SMILES string of the molecule is CC1CCCC(CN)(CN(C)CC2CCN(C)CC2)C1. The molecular formula is C17H35N3. The van der Waals surface area contributed by atoms with Gasteiger partial charge < -0.3 is 15.5 Å². The van der Waals surface area contributed by atoms with Crippen LogP contribution in [0, 0.1) is 17.3 Å². The molecule has 0 bridgehead atoms. The van der Waals surface area contributed by atoms with Gasteiger partial charge in [-0.2, -0.15) is 0 Å². The van der Waals surface area contributed by atoms with Crippen LogP contribution in [0.1, 0.15) is 45.4 Å². The summed E-state index contributed by atoms with van der Waals surface area (Å²) in [5.41, 5.74) is 6.57. The van der Waals surface area contributed by atoms with Gasteiger partial charge in [0, 0.05) is 13.1 Å². The number of hydrogen-bond donors (Lipinski definition) is 1. The largest absolute Gasteiger partial charge is 0.330 e. The maximum absolute atomic E-state index is 6.17. The zero-order chi connectivity index (χ0) is 14.6. The number of nitrogens with two attached hydrogens (primary N) is 1. The molecule has 3 nitrogen and oxygen atoms in total. The first kappa shape index (κ1) is 16.3. The summed E-state index contributed by atoms with van der Waals surface area (Å²) in [4.78, 5) is 5.04. The van der Waals surface area contributed by atoms with Gasteiger partial charge in [-0.15, -0.1) is 0 Å². The van der Waals surface area contributed by atoms with E-state index in [0.29, 0.717) is 5.41 Å². The van der Waals surface area contributed by atoms with Crippen LogP contribution < -0.4 is 5.73 Å². The van der Waals surface area contributed by atoms with E-state index in [1.165, 1.54) is 64.7 Å². The molecule has 1 saturated carbocycles. The van der Waals surface area contributed by atoms with Gasteiger partial charge in [0.25, 0.3) is 0 Å². The lowest BCUT2D eigenvalue weighted by Crippen LogP contribution is -2.46. The van der Waals surface area contributed by atoms with Crippen molar-refractivity contribution in [2.24, 2.45) is 23.0 Å². The van der Waals surface area contributed by atoms with Crippen LogP contribution in [-0.2, 0) is 0 Å². The summed E-state index contributed by atoms with van der Waals surface area (Å²) in [7, 11) is 4.56. The Hall–Kier alpha value is -0.120. The highest BCUT2D eigenvalue weighted by molar-refractivity contribution is 4.89. The van der Waals surface area contributed by atoms with Crippen LogP contribution in [0.25, 0.3) is 0 Å². The third-order valence-electron chi connectivity index (χ3n) is 5.63. The lowest BCUT2D eigenvalue weighted by Gasteiger charge is -2.43. The Morgan fingerprint density at radius 1 is 1.25 bits per heavy atom. The first-order chi connectivity index (χ1) is 9.53. The van der Waals surface area contributed by atoms with E-state index in [2.05, 4.69) is 30.8 Å². The minimum Gasteiger partial charge on any atom is -0.330 e. The minimum atomic E-state index is 0.401. The van der Waals surface area contributed by atoms with Crippen molar-refractivity contribution in [1.82, 2.24) is 9.80 Å². The number of likely N-dealkylation sites (tertiary alicyclic amines) is 1. The molecule has 2 rings (SSSR count). The van der Waals surface area contributed by atoms with Crippen LogP contribution in [0.3, 0.4) is 0 Å². The molecule has 2 unspecified atom stereocenters. The Kier molecular flexibility index (Phi) is 5.88. The molecule has 1 heterocycles. The Labute approximate surface area is 125 Å². The van der Waals surface area contributed by atoms with Crippen LogP contribution in [0.15, 0.2) is 0 Å². The number of nitrogens with zero attached hydrogens (tertiary/aromatic N) is 2. The van der Waals surface area contributed by atoms with Crippen molar-refractivity contribution >= 4 is 0 Å². The third kappa shape index (κ3) is 4.44. The maximum Gasteiger partial charge on any atom is 0.00472 e. The fraction of sp³-hybridized carbons (Fsp3) is 1.00. The zero-order valence-corrected chi connectivity index (χ0v) is 13.9. The van der Waals surface area contributed by atoms with E-state index in [0.717, 1.165) is 18.4 Å². The third-order valence-corrected chi connectivity index (χ3v) is 5.63. The summed E-state index contributed by atoms with van der Waals surface area (Å²) >= 11 is 0. The normalized spacial score (nSPS) is 33.8. The fourth-order valence-electron chi connectivity index (χ4n) is 4.48. The average Bonchev–Trinajstić information content (AvgIpc) is 2.41. The first-order valence-electron chi connectivity index (χ1n) is 8.60. The highest BCUT2D eigenvalue weighted by Crippen LogP contribution is 2.39. The van der Waals surface area contributed by atoms with Gasteiger partial charge in [0.05, 0.1) is 0 Å². The molecule has 3 heteroatoms. The predicted octanol–water partition coefficient (Wildman–Crippen LogP) is 2.42. The number of rotatable bonds is 5. The van der Waals surface area contributed by atoms with Gasteiger partial charge in [-0.3, -0.25) is 0 Å². The Morgan fingerprint density at radius 3 is 2.55 bits per heavy atom. The molecule has 0 radical (unpaired) electrons. The summed E-state index contributed by atoms with van der Waals surface area (Å²) in [6.45, 7) is 8.30. The molecule has 2 atom stereocenters. The highest BCUT2D eigenvalue weighted by Gasteiger charge is 2.35. The molecule has 1 saturated heterocycles. The van der Waals surface area contributed by atoms with E-state index in [1.54, 1.807) is 0 Å². The van der Waals surface area contributed by atoms with Crippen LogP contribution in [-0.4, -0.2) is 56.6 Å². The molecule has 118 valence electrons. The van der Waals surface area contributed by atoms with E-state index >= 15 is 0 Å². The fourth-order valence-corrected chi connectivity index (χ4v) is 4.48. The van der Waals surface area contributed by atoms with Crippen molar-refractivity contribution in [3.8, 4) is 0 Å². The van der Waals surface area contributed by atoms with E-state index in [1.807, 2.05) is 0 Å². The lowest BCUT2D eigenvalue weighted by atomic mass is 9.69. The van der Waals surface area contributed by atoms with Gasteiger partial charge in [-0.1, -0.05) is 19.8 Å². The second-order valence-corrected chi connectivity index (χ2v) is 7.85. The van der Waals surface area contributed by atoms with Gasteiger partial charge >= 0.3 is 0 Å². The molecule has 2 N–H and O–H groups in total. The second kappa shape index (κ2) is 7.24. The van der Waals surface area contributed by atoms with Gasteiger partial charge in [-0.05, 0) is 76.7 Å². The van der Waals surface area contributed by atoms with E-state index in [4.69, 9.17) is 5.73 Å². The molecule has 0 aromatic heterocycles. The molecule has 1 aliphatic carbocycles. The van der Waals surface area contributed by atoms with E-state index in [9.17, 15) is 0 Å². The van der Waals surface area contributed by atoms with Gasteiger partial charge in [0.1, 0.15) is 0 Å². The second-order valence-electron chi connectivity index (χ2n) is 7.85. The molecule has 0 aromatic carbocycles. The van der Waals surface area contributed by atoms with Crippen LogP contribution in [0.5, 0.6) is 0 Å². The smallest absolute Gasteiger partial charge is 0.00472 e. The van der Waals surface area contributed by atoms with Crippen molar-refractivity contribution in [3.05, 3.63) is 0 Å². The molecule has 1 aliphatic heterocycles. The minimum absolute atomic E-state index is 0.401. The van der Waals surface area contributed by atoms with Crippen LogP contribution in [0.2, 0.25) is 0 Å². The molecule has 20 heavy (non-hydrogen) atoms. The molecule has 0 aromatic rings. The quantitative estimate of drug-likeness (QED) is 0.840. The maximum atomic E-state index is 6.17. The summed E-state index contributed by atoms with van der Waals surface area (Å²) in [6, 6.07) is 0. The monoisotopic (exact) mass is 281 g/mol. The molecule has 0 spiro atoms. The molecule has 0 amide bonds. The van der Waals surface area contributed by atoms with Crippen molar-refractivity contribution in [1.29, 1.82) is 0 Å². The Bertz CT molecular complexity index is 286. The van der Waals surface area contributed by atoms with Crippen molar-refractivity contribution in [3.63, 3.8) is 0 Å². The predicted molar refractivity (Wildman–Crippen MR) is 86.8 cm³/mol. The van der Waals surface area contributed by atoms with Gasteiger partial charge in [0.2, 0.25) is 0 Å². The summed E-state index contributed by atoms with van der Waals surface area (Å²) in [6.07, 6.45) is 8.19. The van der Waals surface area contributed by atoms with Crippen molar-refractivity contribution in [2.45, 2.75) is 45.4 Å². The number of piperidine rings is 1. The zero-order valence-electron chi connectivity index (χ0n) is 13.9.